The molecule has 1 unspecified atom stereocenters. The summed E-state index contributed by atoms with van der Waals surface area (Å²) in [6, 6.07) is 0. The van der Waals surface area contributed by atoms with Gasteiger partial charge in [0.2, 0.25) is 0 Å². The molecule has 0 saturated carbocycles. The minimum atomic E-state index is -0.472. The van der Waals surface area contributed by atoms with Gasteiger partial charge in [-0.1, -0.05) is 0 Å². The number of aliphatic hydroxyl groups is 1. The second kappa shape index (κ2) is 5.25. The molecule has 0 radical (unpaired) electrons. The number of hydrogen-bond acceptors (Lipinski definition) is 2. The summed E-state index contributed by atoms with van der Waals surface area (Å²) in [6.45, 7) is 1.59. The minimum Gasteiger partial charge on any atom is -0.383 e. The molecule has 0 heterocycles. The van der Waals surface area contributed by atoms with Crippen LogP contribution < -0.4 is 0 Å². The van der Waals surface area contributed by atoms with E-state index < -0.39 is 5.44 Å². The van der Waals surface area contributed by atoms with Crippen molar-refractivity contribution in [1.29, 1.82) is 0 Å². The van der Waals surface area contributed by atoms with Gasteiger partial charge in [-0.25, -0.2) is 0 Å². The summed E-state index contributed by atoms with van der Waals surface area (Å²) in [5, 5.41) is 7.92. The Hall–Kier alpha value is 1.25. The molecule has 0 bridgehead atoms. The monoisotopic (exact) mass is 280 g/mol. The van der Waals surface area contributed by atoms with Gasteiger partial charge in [0.05, 0.1) is 5.44 Å². The molecule has 0 amide bonds. The average molecular weight is 279 g/mol. The van der Waals surface area contributed by atoms with Crippen LogP contribution in [0.4, 0.5) is 0 Å². The van der Waals surface area contributed by atoms with Crippen LogP contribution in [0.1, 0.15) is 6.92 Å². The molecule has 0 spiro atoms. The van der Waals surface area contributed by atoms with Gasteiger partial charge in [0.15, 0.2) is 0 Å². The first-order chi connectivity index (χ1) is 1.73. The van der Waals surface area contributed by atoms with E-state index in [-0.39, 0.29) is 27.7 Å². The molecule has 0 rings (SSSR count). The Morgan fingerprint density at radius 1 is 1.80 bits per heavy atom. The molecule has 0 aliphatic carbocycles. The zero-order valence-electron chi connectivity index (χ0n) is 3.18. The molecule has 1 atom stereocenters. The van der Waals surface area contributed by atoms with E-state index in [1.807, 2.05) is 0 Å². The quantitative estimate of drug-likeness (QED) is 0.370. The third kappa shape index (κ3) is 35.6. The molecule has 1 nitrogen and oxygen atoms in total. The van der Waals surface area contributed by atoms with Crippen molar-refractivity contribution in [3.05, 3.63) is 0 Å². The van der Waals surface area contributed by atoms with Crippen molar-refractivity contribution in [2.45, 2.75) is 12.4 Å². The van der Waals surface area contributed by atoms with Gasteiger partial charge < -0.3 is 5.11 Å². The van der Waals surface area contributed by atoms with Crippen molar-refractivity contribution in [2.75, 3.05) is 0 Å². The average Bonchev–Trinajstić information content (AvgIpc) is 0.811. The Morgan fingerprint density at radius 2 is 1.80 bits per heavy atom. The number of rotatable bonds is 0. The molecule has 5 heavy (non-hydrogen) atoms. The number of hydrogen-bond donors (Lipinski definition) is 2. The van der Waals surface area contributed by atoms with Crippen LogP contribution in [0.2, 0.25) is 0 Å². The van der Waals surface area contributed by atoms with Gasteiger partial charge in [0.25, 0.3) is 0 Å². The standard InChI is InChI=1S/C2H6OS.Hg/c1-2(3)4;/h2-4H,1H3;. The third-order valence-electron chi connectivity index (χ3n) is 0. The summed E-state index contributed by atoms with van der Waals surface area (Å²) in [6.07, 6.45) is 0. The first kappa shape index (κ1) is 9.53. The maximum absolute atomic E-state index is 7.92. The number of aliphatic hydroxyl groups excluding tert-OH is 1. The fraction of sp³-hybridized carbons (Fsp3) is 1.00. The summed E-state index contributed by atoms with van der Waals surface area (Å²) in [5.74, 6) is 0. The summed E-state index contributed by atoms with van der Waals surface area (Å²) >= 11 is 3.52. The van der Waals surface area contributed by atoms with Crippen LogP contribution in [0, 0.1) is 0 Å². The Kier molecular flexibility index (Phi) is 10.0. The molecule has 0 aliphatic rings. The third-order valence-corrected chi connectivity index (χ3v) is 0. The van der Waals surface area contributed by atoms with Gasteiger partial charge in [-0.2, -0.15) is 0 Å². The van der Waals surface area contributed by atoms with E-state index in [0.29, 0.717) is 0 Å². The van der Waals surface area contributed by atoms with Crippen molar-refractivity contribution >= 4 is 12.6 Å². The van der Waals surface area contributed by atoms with E-state index in [0.717, 1.165) is 0 Å². The first-order valence-corrected chi connectivity index (χ1v) is 1.61. The van der Waals surface area contributed by atoms with Gasteiger partial charge in [-0.05, 0) is 6.92 Å². The molecular weight excluding hydrogens is 273 g/mol. The van der Waals surface area contributed by atoms with Crippen LogP contribution in [0.5, 0.6) is 0 Å². The van der Waals surface area contributed by atoms with E-state index in [2.05, 4.69) is 12.6 Å². The second-order valence-corrected chi connectivity index (χ2v) is 1.38. The maximum Gasteiger partial charge on any atom is 0.0936 e. The molecule has 0 aromatic carbocycles. The number of thiol groups is 1. The Balaban J connectivity index is 0. The summed E-state index contributed by atoms with van der Waals surface area (Å²) in [4.78, 5) is 0. The molecule has 28 valence electrons. The summed E-state index contributed by atoms with van der Waals surface area (Å²) in [7, 11) is 0. The molecule has 0 aromatic rings. The van der Waals surface area contributed by atoms with E-state index in [1.165, 1.54) is 0 Å². The van der Waals surface area contributed by atoms with Crippen molar-refractivity contribution in [3.8, 4) is 0 Å². The SMILES string of the molecule is CC(O)S.[Hg]. The molecular formula is C2H6HgOS. The molecule has 0 aromatic heterocycles. The van der Waals surface area contributed by atoms with Gasteiger partial charge >= 0.3 is 0 Å². The minimum absolute atomic E-state index is 0. The van der Waals surface area contributed by atoms with E-state index in [4.69, 9.17) is 5.11 Å². The zero-order chi connectivity index (χ0) is 3.58. The molecule has 1 N–H and O–H groups in total. The van der Waals surface area contributed by atoms with Crippen molar-refractivity contribution in [1.82, 2.24) is 0 Å². The second-order valence-electron chi connectivity index (χ2n) is 0.632. The predicted molar refractivity (Wildman–Crippen MR) is 20.7 cm³/mol. The van der Waals surface area contributed by atoms with Gasteiger partial charge in [-0.3, -0.25) is 0 Å². The van der Waals surface area contributed by atoms with E-state index in [9.17, 15) is 0 Å². The molecule has 0 saturated heterocycles. The van der Waals surface area contributed by atoms with Gasteiger partial charge in [-0.15, -0.1) is 12.6 Å². The normalized spacial score (nSPS) is 12.6. The smallest absolute Gasteiger partial charge is 0.0936 e. The van der Waals surface area contributed by atoms with Crippen LogP contribution >= 0.6 is 12.6 Å². The Morgan fingerprint density at radius 3 is 1.80 bits per heavy atom. The van der Waals surface area contributed by atoms with Crippen LogP contribution in [0.25, 0.3) is 0 Å². The fourth-order valence-electron chi connectivity index (χ4n) is 0. The molecule has 0 fully saturated rings. The Labute approximate surface area is 57.7 Å². The van der Waals surface area contributed by atoms with Crippen LogP contribution in [0.15, 0.2) is 0 Å². The first-order valence-electron chi connectivity index (χ1n) is 1.09. The fourth-order valence-corrected chi connectivity index (χ4v) is 0. The van der Waals surface area contributed by atoms with E-state index >= 15 is 0 Å². The largest absolute Gasteiger partial charge is 0.383 e. The zero-order valence-corrected chi connectivity index (χ0v) is 9.57. The van der Waals surface area contributed by atoms with Crippen molar-refractivity contribution in [2.24, 2.45) is 0 Å². The van der Waals surface area contributed by atoms with Crippen LogP contribution in [-0.4, -0.2) is 10.5 Å². The Bertz CT molecular complexity index is 14.4. The molecule has 3 heteroatoms. The predicted octanol–water partition coefficient (Wildman–Crippen LogP) is 0.252. The summed E-state index contributed by atoms with van der Waals surface area (Å²) < 4.78 is 0. The van der Waals surface area contributed by atoms with Crippen molar-refractivity contribution in [3.63, 3.8) is 0 Å². The van der Waals surface area contributed by atoms with E-state index in [1.54, 1.807) is 6.92 Å². The topological polar surface area (TPSA) is 20.2 Å². The summed E-state index contributed by atoms with van der Waals surface area (Å²) in [5.41, 5.74) is -0.472. The van der Waals surface area contributed by atoms with Gasteiger partial charge in [0, 0.05) is 27.7 Å². The van der Waals surface area contributed by atoms with Gasteiger partial charge in [0.1, 0.15) is 0 Å². The van der Waals surface area contributed by atoms with Crippen LogP contribution in [0.3, 0.4) is 0 Å². The van der Waals surface area contributed by atoms with Crippen molar-refractivity contribution < 1.29 is 32.8 Å². The van der Waals surface area contributed by atoms with Crippen LogP contribution in [-0.2, 0) is 27.7 Å². The maximum atomic E-state index is 7.92. The molecule has 0 aliphatic heterocycles.